The molecular formula is C11H19N. The number of rotatable bonds is 0. The van der Waals surface area contributed by atoms with Crippen LogP contribution >= 0.6 is 0 Å². The van der Waals surface area contributed by atoms with E-state index in [4.69, 9.17) is 0 Å². The lowest BCUT2D eigenvalue weighted by Crippen LogP contribution is -2.29. The van der Waals surface area contributed by atoms with Gasteiger partial charge in [-0.2, -0.15) is 0 Å². The minimum absolute atomic E-state index is 0.403. The molecule has 1 aliphatic carbocycles. The third-order valence-corrected chi connectivity index (χ3v) is 3.28. The normalized spacial score (nSPS) is 35.8. The van der Waals surface area contributed by atoms with E-state index >= 15 is 0 Å². The van der Waals surface area contributed by atoms with Crippen molar-refractivity contribution in [2.75, 3.05) is 13.6 Å². The van der Waals surface area contributed by atoms with Crippen molar-refractivity contribution >= 4 is 0 Å². The quantitative estimate of drug-likeness (QED) is 0.498. The summed E-state index contributed by atoms with van der Waals surface area (Å²) < 4.78 is 0. The molecule has 1 nitrogen and oxygen atoms in total. The maximum Gasteiger partial charge on any atom is 0.0284 e. The van der Waals surface area contributed by atoms with E-state index in [1.54, 1.807) is 5.57 Å². The van der Waals surface area contributed by atoms with Gasteiger partial charge in [-0.1, -0.05) is 32.4 Å². The summed E-state index contributed by atoms with van der Waals surface area (Å²) in [5, 5.41) is 0. The molecule has 2 atom stereocenters. The highest BCUT2D eigenvalue weighted by atomic mass is 15.2. The van der Waals surface area contributed by atoms with E-state index in [2.05, 4.69) is 38.8 Å². The van der Waals surface area contributed by atoms with Gasteiger partial charge in [-0.15, -0.1) is 0 Å². The lowest BCUT2D eigenvalue weighted by molar-refractivity contribution is 0.322. The molecule has 2 unspecified atom stereocenters. The molecule has 1 fully saturated rings. The maximum atomic E-state index is 2.49. The topological polar surface area (TPSA) is 3.24 Å². The molecule has 0 aromatic rings. The van der Waals surface area contributed by atoms with Gasteiger partial charge in [-0.3, -0.25) is 4.90 Å². The van der Waals surface area contributed by atoms with E-state index in [-0.39, 0.29) is 0 Å². The Bertz CT molecular complexity index is 222. The first-order valence-corrected chi connectivity index (χ1v) is 4.91. The van der Waals surface area contributed by atoms with Gasteiger partial charge >= 0.3 is 0 Å². The number of hydrogen-bond acceptors (Lipinski definition) is 1. The first kappa shape index (κ1) is 8.31. The van der Waals surface area contributed by atoms with Gasteiger partial charge in [0, 0.05) is 12.6 Å². The van der Waals surface area contributed by atoms with E-state index < -0.39 is 0 Å². The summed E-state index contributed by atoms with van der Waals surface area (Å²) in [7, 11) is 2.24. The standard InChI is InChI=1S/C11H19N/c1-11(2,3)10-6-9-5-8(10)7-12(9)4/h6,8-9H,5,7H2,1-4H3. The SMILES string of the molecule is CN1CC2CC1C=C2C(C)(C)C. The molecule has 12 heavy (non-hydrogen) atoms. The van der Waals surface area contributed by atoms with Crippen LogP contribution in [0.25, 0.3) is 0 Å². The van der Waals surface area contributed by atoms with Crippen LogP contribution in [0.4, 0.5) is 0 Å². The summed E-state index contributed by atoms with van der Waals surface area (Å²) in [4.78, 5) is 2.47. The first-order valence-electron chi connectivity index (χ1n) is 4.91. The van der Waals surface area contributed by atoms with Crippen molar-refractivity contribution in [2.24, 2.45) is 11.3 Å². The Kier molecular flexibility index (Phi) is 1.63. The van der Waals surface area contributed by atoms with Crippen molar-refractivity contribution in [1.29, 1.82) is 0 Å². The van der Waals surface area contributed by atoms with Gasteiger partial charge in [0.2, 0.25) is 0 Å². The molecule has 0 aromatic heterocycles. The van der Waals surface area contributed by atoms with Crippen molar-refractivity contribution in [3.63, 3.8) is 0 Å². The lowest BCUT2D eigenvalue weighted by atomic mass is 9.80. The van der Waals surface area contributed by atoms with Crippen LogP contribution in [0.1, 0.15) is 27.2 Å². The molecular weight excluding hydrogens is 146 g/mol. The minimum Gasteiger partial charge on any atom is -0.299 e. The third kappa shape index (κ3) is 1.11. The van der Waals surface area contributed by atoms with Gasteiger partial charge in [-0.25, -0.2) is 0 Å². The van der Waals surface area contributed by atoms with Gasteiger partial charge in [-0.05, 0) is 24.8 Å². The number of likely N-dealkylation sites (N-methyl/N-ethyl adjacent to an activating group) is 1. The van der Waals surface area contributed by atoms with Crippen molar-refractivity contribution in [3.05, 3.63) is 11.6 Å². The van der Waals surface area contributed by atoms with Crippen LogP contribution in [0, 0.1) is 11.3 Å². The van der Waals surface area contributed by atoms with Crippen molar-refractivity contribution in [3.8, 4) is 0 Å². The van der Waals surface area contributed by atoms with Crippen LogP contribution in [0.15, 0.2) is 11.6 Å². The number of hydrogen-bond donors (Lipinski definition) is 0. The zero-order valence-electron chi connectivity index (χ0n) is 8.59. The molecule has 2 bridgehead atoms. The minimum atomic E-state index is 0.403. The predicted molar refractivity (Wildman–Crippen MR) is 52.1 cm³/mol. The first-order chi connectivity index (χ1) is 5.48. The number of fused-ring (bicyclic) bond motifs is 2. The van der Waals surface area contributed by atoms with Gasteiger partial charge < -0.3 is 0 Å². The highest BCUT2D eigenvalue weighted by molar-refractivity contribution is 5.27. The van der Waals surface area contributed by atoms with E-state index in [0.717, 1.165) is 12.0 Å². The second-order valence-electron chi connectivity index (χ2n) is 5.31. The van der Waals surface area contributed by atoms with E-state index in [0.29, 0.717) is 5.41 Å². The van der Waals surface area contributed by atoms with Crippen molar-refractivity contribution in [2.45, 2.75) is 33.2 Å². The number of nitrogens with zero attached hydrogens (tertiary/aromatic N) is 1. The second kappa shape index (κ2) is 2.35. The van der Waals surface area contributed by atoms with Crippen LogP contribution in [-0.2, 0) is 0 Å². The van der Waals surface area contributed by atoms with Gasteiger partial charge in [0.15, 0.2) is 0 Å². The average Bonchev–Trinajstić information content (AvgIpc) is 2.41. The number of likely N-dealkylation sites (tertiary alicyclic amines) is 1. The van der Waals surface area contributed by atoms with Crippen molar-refractivity contribution in [1.82, 2.24) is 4.90 Å². The van der Waals surface area contributed by atoms with Crippen LogP contribution in [0.5, 0.6) is 0 Å². The molecule has 0 spiro atoms. The van der Waals surface area contributed by atoms with Crippen LogP contribution in [0.3, 0.4) is 0 Å². The van der Waals surface area contributed by atoms with E-state index in [1.165, 1.54) is 13.0 Å². The summed E-state index contributed by atoms with van der Waals surface area (Å²) in [5.41, 5.74) is 2.10. The molecule has 1 saturated heterocycles. The van der Waals surface area contributed by atoms with E-state index in [1.807, 2.05) is 0 Å². The molecule has 0 radical (unpaired) electrons. The molecule has 0 aromatic carbocycles. The summed E-state index contributed by atoms with van der Waals surface area (Å²) >= 11 is 0. The largest absolute Gasteiger partial charge is 0.299 e. The molecule has 1 aliphatic heterocycles. The fraction of sp³-hybridized carbons (Fsp3) is 0.818. The van der Waals surface area contributed by atoms with Crippen LogP contribution in [0.2, 0.25) is 0 Å². The molecule has 0 saturated carbocycles. The Hall–Kier alpha value is -0.300. The summed E-state index contributed by atoms with van der Waals surface area (Å²) in [6, 6.07) is 0.754. The fourth-order valence-corrected chi connectivity index (χ4v) is 2.66. The van der Waals surface area contributed by atoms with E-state index in [9.17, 15) is 0 Å². The lowest BCUT2D eigenvalue weighted by Gasteiger charge is -2.29. The molecule has 2 rings (SSSR count). The van der Waals surface area contributed by atoms with Gasteiger partial charge in [0.1, 0.15) is 0 Å². The Morgan fingerprint density at radius 3 is 2.42 bits per heavy atom. The smallest absolute Gasteiger partial charge is 0.0284 e. The fourth-order valence-electron chi connectivity index (χ4n) is 2.66. The van der Waals surface area contributed by atoms with Gasteiger partial charge in [0.25, 0.3) is 0 Å². The molecule has 1 heteroatoms. The second-order valence-corrected chi connectivity index (χ2v) is 5.31. The predicted octanol–water partition coefficient (Wildman–Crippen LogP) is 2.29. The summed E-state index contributed by atoms with van der Waals surface area (Å²) in [6.07, 6.45) is 3.87. The zero-order chi connectivity index (χ0) is 8.93. The Morgan fingerprint density at radius 1 is 1.42 bits per heavy atom. The molecule has 1 heterocycles. The monoisotopic (exact) mass is 165 g/mol. The third-order valence-electron chi connectivity index (χ3n) is 3.28. The van der Waals surface area contributed by atoms with Crippen LogP contribution in [-0.4, -0.2) is 24.5 Å². The highest BCUT2D eigenvalue weighted by Crippen LogP contribution is 2.44. The zero-order valence-corrected chi connectivity index (χ0v) is 8.59. The molecule has 0 amide bonds. The Labute approximate surface area is 75.4 Å². The maximum absolute atomic E-state index is 2.49. The Morgan fingerprint density at radius 2 is 2.08 bits per heavy atom. The van der Waals surface area contributed by atoms with Crippen molar-refractivity contribution < 1.29 is 0 Å². The Balaban J connectivity index is 2.23. The van der Waals surface area contributed by atoms with Crippen LogP contribution < -0.4 is 0 Å². The molecule has 2 aliphatic rings. The van der Waals surface area contributed by atoms with Gasteiger partial charge in [0.05, 0.1) is 0 Å². The molecule has 0 N–H and O–H groups in total. The highest BCUT2D eigenvalue weighted by Gasteiger charge is 2.40. The summed E-state index contributed by atoms with van der Waals surface area (Å²) in [5.74, 6) is 0.861. The average molecular weight is 165 g/mol. The molecule has 68 valence electrons. The summed E-state index contributed by atoms with van der Waals surface area (Å²) in [6.45, 7) is 8.28.